The summed E-state index contributed by atoms with van der Waals surface area (Å²) >= 11 is 0. The number of hydrogen-bond donors (Lipinski definition) is 2. The van der Waals surface area contributed by atoms with Crippen LogP contribution >= 0.6 is 0 Å². The van der Waals surface area contributed by atoms with Gasteiger partial charge in [0.2, 0.25) is 0 Å². The summed E-state index contributed by atoms with van der Waals surface area (Å²) in [7, 11) is 0. The fraction of sp³-hybridized carbons (Fsp3) is 0.533. The van der Waals surface area contributed by atoms with Crippen LogP contribution in [-0.4, -0.2) is 32.2 Å². The zero-order chi connectivity index (χ0) is 14.6. The molecular weight excluding hydrogens is 257 g/mol. The van der Waals surface area contributed by atoms with E-state index in [1.165, 1.54) is 12.1 Å². The van der Waals surface area contributed by atoms with Gasteiger partial charge in [0.05, 0.1) is 6.61 Å². The van der Waals surface area contributed by atoms with E-state index in [9.17, 15) is 4.39 Å². The van der Waals surface area contributed by atoms with Crippen molar-refractivity contribution in [1.29, 1.82) is 0 Å². The minimum Gasteiger partial charge on any atom is -0.494 e. The van der Waals surface area contributed by atoms with Crippen LogP contribution in [0, 0.1) is 5.82 Å². The summed E-state index contributed by atoms with van der Waals surface area (Å²) in [5.41, 5.74) is 0. The molecule has 112 valence electrons. The molecule has 20 heavy (non-hydrogen) atoms. The van der Waals surface area contributed by atoms with E-state index >= 15 is 0 Å². The molecule has 0 atom stereocenters. The zero-order valence-corrected chi connectivity index (χ0v) is 12.3. The molecule has 0 bridgehead atoms. The summed E-state index contributed by atoms with van der Waals surface area (Å²) in [4.78, 5) is 4.41. The van der Waals surface area contributed by atoms with Crippen molar-refractivity contribution in [3.63, 3.8) is 0 Å². The van der Waals surface area contributed by atoms with E-state index in [-0.39, 0.29) is 5.82 Å². The minimum atomic E-state index is -0.249. The summed E-state index contributed by atoms with van der Waals surface area (Å²) in [5.74, 6) is 1.29. The maximum atomic E-state index is 12.7. The number of nitrogens with zero attached hydrogens (tertiary/aromatic N) is 1. The molecule has 0 aliphatic heterocycles. The fourth-order valence-electron chi connectivity index (χ4n) is 1.57. The fourth-order valence-corrected chi connectivity index (χ4v) is 1.57. The third kappa shape index (κ3) is 6.97. The Morgan fingerprint density at radius 1 is 1.20 bits per heavy atom. The maximum absolute atomic E-state index is 12.7. The number of nitrogens with one attached hydrogen (secondary N) is 2. The van der Waals surface area contributed by atoms with Crippen molar-refractivity contribution in [3.05, 3.63) is 30.1 Å². The average molecular weight is 281 g/mol. The van der Waals surface area contributed by atoms with E-state index in [4.69, 9.17) is 4.74 Å². The lowest BCUT2D eigenvalue weighted by Crippen LogP contribution is -2.38. The molecule has 0 aliphatic carbocycles. The Hall–Kier alpha value is -1.78. The van der Waals surface area contributed by atoms with Crippen LogP contribution in [0.1, 0.15) is 26.7 Å². The minimum absolute atomic E-state index is 0.249. The highest BCUT2D eigenvalue weighted by atomic mass is 19.1. The van der Waals surface area contributed by atoms with Crippen molar-refractivity contribution < 1.29 is 9.13 Å². The normalized spacial score (nSPS) is 11.2. The van der Waals surface area contributed by atoms with Gasteiger partial charge in [-0.1, -0.05) is 6.92 Å². The second kappa shape index (κ2) is 10.1. The lowest BCUT2D eigenvalue weighted by Gasteiger charge is -2.11. The second-order valence-electron chi connectivity index (χ2n) is 4.34. The SMILES string of the molecule is CCCN=C(NCC)NCCCOc1ccc(F)cc1. The second-order valence-corrected chi connectivity index (χ2v) is 4.34. The Kier molecular flexibility index (Phi) is 8.19. The van der Waals surface area contributed by atoms with Crippen LogP contribution in [0.2, 0.25) is 0 Å². The average Bonchev–Trinajstić information content (AvgIpc) is 2.46. The molecule has 0 spiro atoms. The Morgan fingerprint density at radius 3 is 2.60 bits per heavy atom. The van der Waals surface area contributed by atoms with Gasteiger partial charge in [-0.25, -0.2) is 4.39 Å². The van der Waals surface area contributed by atoms with Crippen molar-refractivity contribution in [1.82, 2.24) is 10.6 Å². The number of guanidine groups is 1. The monoisotopic (exact) mass is 281 g/mol. The van der Waals surface area contributed by atoms with E-state index < -0.39 is 0 Å². The highest BCUT2D eigenvalue weighted by Gasteiger charge is 1.97. The lowest BCUT2D eigenvalue weighted by atomic mass is 10.3. The van der Waals surface area contributed by atoms with Crippen molar-refractivity contribution in [2.24, 2.45) is 4.99 Å². The van der Waals surface area contributed by atoms with E-state index in [2.05, 4.69) is 22.5 Å². The Balaban J connectivity index is 2.18. The van der Waals surface area contributed by atoms with Crippen LogP contribution in [0.3, 0.4) is 0 Å². The summed E-state index contributed by atoms with van der Waals surface area (Å²) in [6, 6.07) is 6.06. The number of benzene rings is 1. The number of aliphatic imine (C=N–C) groups is 1. The van der Waals surface area contributed by atoms with Gasteiger partial charge in [0, 0.05) is 19.6 Å². The summed E-state index contributed by atoms with van der Waals surface area (Å²) in [5, 5.41) is 6.44. The number of rotatable bonds is 8. The van der Waals surface area contributed by atoms with Crippen LogP contribution in [0.15, 0.2) is 29.3 Å². The summed E-state index contributed by atoms with van der Waals surface area (Å²) in [6.07, 6.45) is 1.89. The quantitative estimate of drug-likeness (QED) is 0.437. The summed E-state index contributed by atoms with van der Waals surface area (Å²) in [6.45, 7) is 7.19. The molecule has 1 aromatic rings. The van der Waals surface area contributed by atoms with Crippen molar-refractivity contribution in [3.8, 4) is 5.75 Å². The van der Waals surface area contributed by atoms with Crippen LogP contribution in [-0.2, 0) is 0 Å². The first-order chi connectivity index (χ1) is 9.76. The maximum Gasteiger partial charge on any atom is 0.191 e. The van der Waals surface area contributed by atoms with Crippen LogP contribution < -0.4 is 15.4 Å². The predicted molar refractivity (Wildman–Crippen MR) is 80.8 cm³/mol. The van der Waals surface area contributed by atoms with E-state index in [1.54, 1.807) is 12.1 Å². The first-order valence-electron chi connectivity index (χ1n) is 7.16. The third-order valence-corrected chi connectivity index (χ3v) is 2.53. The first kappa shape index (κ1) is 16.3. The molecule has 0 aliphatic rings. The molecule has 0 saturated carbocycles. The standard InChI is InChI=1S/C15H24FN3O/c1-3-10-18-15(17-4-2)19-11-5-12-20-14-8-6-13(16)7-9-14/h6-9H,3-5,10-12H2,1-2H3,(H2,17,18,19). The molecular formula is C15H24FN3O. The molecule has 1 rings (SSSR count). The van der Waals surface area contributed by atoms with Gasteiger partial charge < -0.3 is 15.4 Å². The molecule has 0 fully saturated rings. The largest absolute Gasteiger partial charge is 0.494 e. The number of halogens is 1. The topological polar surface area (TPSA) is 45.7 Å². The number of hydrogen-bond acceptors (Lipinski definition) is 2. The highest BCUT2D eigenvalue weighted by Crippen LogP contribution is 2.10. The van der Waals surface area contributed by atoms with E-state index in [1.807, 2.05) is 6.92 Å². The van der Waals surface area contributed by atoms with Gasteiger partial charge in [0.25, 0.3) is 0 Å². The van der Waals surface area contributed by atoms with Crippen molar-refractivity contribution in [2.45, 2.75) is 26.7 Å². The van der Waals surface area contributed by atoms with Crippen molar-refractivity contribution >= 4 is 5.96 Å². The van der Waals surface area contributed by atoms with E-state index in [0.29, 0.717) is 12.4 Å². The molecule has 0 saturated heterocycles. The van der Waals surface area contributed by atoms with Gasteiger partial charge in [-0.2, -0.15) is 0 Å². The van der Waals surface area contributed by atoms with Gasteiger partial charge in [-0.05, 0) is 44.0 Å². The molecule has 5 heteroatoms. The molecule has 0 heterocycles. The highest BCUT2D eigenvalue weighted by molar-refractivity contribution is 5.79. The van der Waals surface area contributed by atoms with Gasteiger partial charge >= 0.3 is 0 Å². The Labute approximate surface area is 120 Å². The van der Waals surface area contributed by atoms with E-state index in [0.717, 1.165) is 38.4 Å². The van der Waals surface area contributed by atoms with Crippen LogP contribution in [0.25, 0.3) is 0 Å². The van der Waals surface area contributed by atoms with Gasteiger partial charge in [0.1, 0.15) is 11.6 Å². The predicted octanol–water partition coefficient (Wildman–Crippen LogP) is 2.56. The molecule has 2 N–H and O–H groups in total. The zero-order valence-electron chi connectivity index (χ0n) is 12.3. The molecule has 4 nitrogen and oxygen atoms in total. The lowest BCUT2D eigenvalue weighted by molar-refractivity contribution is 0.310. The van der Waals surface area contributed by atoms with Crippen LogP contribution in [0.4, 0.5) is 4.39 Å². The summed E-state index contributed by atoms with van der Waals surface area (Å²) < 4.78 is 18.2. The van der Waals surface area contributed by atoms with Gasteiger partial charge in [-0.3, -0.25) is 4.99 Å². The first-order valence-corrected chi connectivity index (χ1v) is 7.16. The third-order valence-electron chi connectivity index (χ3n) is 2.53. The molecule has 1 aromatic carbocycles. The van der Waals surface area contributed by atoms with Gasteiger partial charge in [0.15, 0.2) is 5.96 Å². The Bertz CT molecular complexity index is 393. The number of ether oxygens (including phenoxy) is 1. The molecule has 0 unspecified atom stereocenters. The molecule has 0 aromatic heterocycles. The van der Waals surface area contributed by atoms with Crippen molar-refractivity contribution in [2.75, 3.05) is 26.2 Å². The molecule has 0 amide bonds. The molecule has 0 radical (unpaired) electrons. The smallest absolute Gasteiger partial charge is 0.191 e. The Morgan fingerprint density at radius 2 is 1.95 bits per heavy atom. The van der Waals surface area contributed by atoms with Gasteiger partial charge in [-0.15, -0.1) is 0 Å². The van der Waals surface area contributed by atoms with Crippen LogP contribution in [0.5, 0.6) is 5.75 Å².